The monoisotopic (exact) mass is 342 g/mol. The summed E-state index contributed by atoms with van der Waals surface area (Å²) in [4.78, 5) is 6.60. The standard InChI is InChI=1S/C18H22N4O3/c1-2-17-20-18(21-25-17)16-4-3-9-22(16)11-14(23)12-24-15-7-5-13(10-19)6-8-15/h5-8,14,16,23H,2-4,9,11-12H2,1H3/t14-,16+/m0/s1. The maximum atomic E-state index is 10.3. The number of rotatable bonds is 7. The number of aryl methyl sites for hydroxylation is 1. The zero-order valence-electron chi connectivity index (χ0n) is 14.3. The highest BCUT2D eigenvalue weighted by Gasteiger charge is 2.31. The highest BCUT2D eigenvalue weighted by Crippen LogP contribution is 2.30. The topological polar surface area (TPSA) is 95.4 Å². The predicted octanol–water partition coefficient (Wildman–Crippen LogP) is 2.08. The van der Waals surface area contributed by atoms with E-state index in [2.05, 4.69) is 21.1 Å². The first kappa shape index (κ1) is 17.4. The first-order chi connectivity index (χ1) is 12.2. The van der Waals surface area contributed by atoms with Crippen molar-refractivity contribution < 1.29 is 14.4 Å². The molecule has 1 N–H and O–H groups in total. The van der Waals surface area contributed by atoms with E-state index in [-0.39, 0.29) is 12.6 Å². The highest BCUT2D eigenvalue weighted by atomic mass is 16.5. The fraction of sp³-hybridized carbons (Fsp3) is 0.500. The molecule has 2 atom stereocenters. The molecule has 25 heavy (non-hydrogen) atoms. The summed E-state index contributed by atoms with van der Waals surface area (Å²) in [6.45, 7) is 3.57. The van der Waals surface area contributed by atoms with Gasteiger partial charge in [-0.3, -0.25) is 4.90 Å². The van der Waals surface area contributed by atoms with Gasteiger partial charge in [0.15, 0.2) is 5.82 Å². The molecule has 7 nitrogen and oxygen atoms in total. The van der Waals surface area contributed by atoms with Gasteiger partial charge in [-0.15, -0.1) is 0 Å². The molecule has 1 aliphatic heterocycles. The van der Waals surface area contributed by atoms with Crippen molar-refractivity contribution in [2.24, 2.45) is 0 Å². The second-order valence-corrected chi connectivity index (χ2v) is 6.15. The van der Waals surface area contributed by atoms with Crippen LogP contribution < -0.4 is 4.74 Å². The van der Waals surface area contributed by atoms with Gasteiger partial charge in [0.05, 0.1) is 17.7 Å². The van der Waals surface area contributed by atoms with Crippen molar-refractivity contribution in [2.45, 2.75) is 38.3 Å². The fourth-order valence-corrected chi connectivity index (χ4v) is 3.03. The van der Waals surface area contributed by atoms with Crippen LogP contribution in [-0.2, 0) is 6.42 Å². The molecule has 0 amide bonds. The molecule has 1 aromatic heterocycles. The minimum absolute atomic E-state index is 0.0913. The van der Waals surface area contributed by atoms with Crippen LogP contribution >= 0.6 is 0 Å². The number of aliphatic hydroxyl groups excluding tert-OH is 1. The Bertz CT molecular complexity index is 723. The zero-order valence-corrected chi connectivity index (χ0v) is 14.3. The number of β-amino-alcohol motifs (C(OH)–C–C–N with tert-alkyl or cyclic N) is 1. The van der Waals surface area contributed by atoms with Gasteiger partial charge in [-0.1, -0.05) is 12.1 Å². The van der Waals surface area contributed by atoms with E-state index in [9.17, 15) is 5.11 Å². The molecule has 1 saturated heterocycles. The summed E-state index contributed by atoms with van der Waals surface area (Å²) < 4.78 is 10.8. The van der Waals surface area contributed by atoms with Crippen molar-refractivity contribution in [1.29, 1.82) is 5.26 Å². The lowest BCUT2D eigenvalue weighted by molar-refractivity contribution is 0.0623. The summed E-state index contributed by atoms with van der Waals surface area (Å²) >= 11 is 0. The molecule has 0 spiro atoms. The first-order valence-electron chi connectivity index (χ1n) is 8.57. The van der Waals surface area contributed by atoms with Crippen molar-refractivity contribution in [3.63, 3.8) is 0 Å². The Kier molecular flexibility index (Phi) is 5.64. The van der Waals surface area contributed by atoms with Gasteiger partial charge < -0.3 is 14.4 Å². The van der Waals surface area contributed by atoms with Crippen molar-refractivity contribution >= 4 is 0 Å². The average molecular weight is 342 g/mol. The maximum Gasteiger partial charge on any atom is 0.226 e. The van der Waals surface area contributed by atoms with Crippen LogP contribution in [0.3, 0.4) is 0 Å². The van der Waals surface area contributed by atoms with Crippen molar-refractivity contribution in [3.05, 3.63) is 41.5 Å². The number of aromatic nitrogens is 2. The number of hydrogen-bond donors (Lipinski definition) is 1. The third-order valence-corrected chi connectivity index (χ3v) is 4.32. The van der Waals surface area contributed by atoms with E-state index in [1.807, 2.05) is 6.92 Å². The summed E-state index contributed by atoms with van der Waals surface area (Å²) in [5.41, 5.74) is 0.583. The van der Waals surface area contributed by atoms with Gasteiger partial charge >= 0.3 is 0 Å². The van der Waals surface area contributed by atoms with Crippen LogP contribution in [0.2, 0.25) is 0 Å². The number of nitrogens with zero attached hydrogens (tertiary/aromatic N) is 4. The Morgan fingerprint density at radius 2 is 2.24 bits per heavy atom. The highest BCUT2D eigenvalue weighted by molar-refractivity contribution is 5.34. The van der Waals surface area contributed by atoms with E-state index in [0.29, 0.717) is 29.6 Å². The smallest absolute Gasteiger partial charge is 0.226 e. The van der Waals surface area contributed by atoms with Crippen LogP contribution in [0.1, 0.15) is 43.1 Å². The molecule has 0 saturated carbocycles. The van der Waals surface area contributed by atoms with Crippen LogP contribution in [-0.4, -0.2) is 45.9 Å². The van der Waals surface area contributed by atoms with Crippen molar-refractivity contribution in [1.82, 2.24) is 15.0 Å². The van der Waals surface area contributed by atoms with Crippen LogP contribution in [0.15, 0.2) is 28.8 Å². The third-order valence-electron chi connectivity index (χ3n) is 4.32. The van der Waals surface area contributed by atoms with Gasteiger partial charge in [0.25, 0.3) is 0 Å². The van der Waals surface area contributed by atoms with Crippen molar-refractivity contribution in [2.75, 3.05) is 19.7 Å². The molecule has 0 aliphatic carbocycles. The van der Waals surface area contributed by atoms with Gasteiger partial charge in [-0.2, -0.15) is 10.2 Å². The van der Waals surface area contributed by atoms with E-state index in [0.717, 1.165) is 25.8 Å². The Labute approximate surface area is 146 Å². The van der Waals surface area contributed by atoms with E-state index in [4.69, 9.17) is 14.5 Å². The summed E-state index contributed by atoms with van der Waals surface area (Å²) in [5.74, 6) is 1.99. The minimum Gasteiger partial charge on any atom is -0.491 e. The molecule has 1 aliphatic rings. The largest absolute Gasteiger partial charge is 0.491 e. The SMILES string of the molecule is CCc1nc([C@H]2CCCN2C[C@H](O)COc2ccc(C#N)cc2)no1. The molecule has 2 aromatic rings. The van der Waals surface area contributed by atoms with Gasteiger partial charge in [-0.05, 0) is 43.7 Å². The molecule has 1 fully saturated rings. The van der Waals surface area contributed by atoms with Crippen LogP contribution in [0.4, 0.5) is 0 Å². The minimum atomic E-state index is -0.617. The zero-order chi connectivity index (χ0) is 17.6. The number of hydrogen-bond acceptors (Lipinski definition) is 7. The normalized spacial score (nSPS) is 18.8. The van der Waals surface area contributed by atoms with Crippen LogP contribution in [0, 0.1) is 11.3 Å². The quantitative estimate of drug-likeness (QED) is 0.823. The Morgan fingerprint density at radius 3 is 2.92 bits per heavy atom. The molecular formula is C18H22N4O3. The van der Waals surface area contributed by atoms with E-state index < -0.39 is 6.10 Å². The van der Waals surface area contributed by atoms with E-state index in [1.54, 1.807) is 24.3 Å². The van der Waals surface area contributed by atoms with Crippen LogP contribution in [0.5, 0.6) is 5.75 Å². The van der Waals surface area contributed by atoms with E-state index in [1.165, 1.54) is 0 Å². The number of nitriles is 1. The summed E-state index contributed by atoms with van der Waals surface area (Å²) in [7, 11) is 0. The molecule has 3 rings (SSSR count). The number of aliphatic hydroxyl groups is 1. The second kappa shape index (κ2) is 8.10. The molecule has 1 aromatic carbocycles. The second-order valence-electron chi connectivity index (χ2n) is 6.15. The lowest BCUT2D eigenvalue weighted by atomic mass is 10.2. The predicted molar refractivity (Wildman–Crippen MR) is 89.9 cm³/mol. The average Bonchev–Trinajstić information content (AvgIpc) is 3.29. The van der Waals surface area contributed by atoms with Gasteiger partial charge in [0, 0.05) is 13.0 Å². The molecular weight excluding hydrogens is 320 g/mol. The van der Waals surface area contributed by atoms with Gasteiger partial charge in [-0.25, -0.2) is 0 Å². The summed E-state index contributed by atoms with van der Waals surface area (Å²) in [5, 5.41) is 23.2. The number of ether oxygens (including phenoxy) is 1. The van der Waals surface area contributed by atoms with Gasteiger partial charge in [0.2, 0.25) is 5.89 Å². The molecule has 132 valence electrons. The Hall–Kier alpha value is -2.43. The summed E-state index contributed by atoms with van der Waals surface area (Å²) in [6, 6.07) is 9.01. The van der Waals surface area contributed by atoms with Gasteiger partial charge in [0.1, 0.15) is 18.5 Å². The fourth-order valence-electron chi connectivity index (χ4n) is 3.03. The lowest BCUT2D eigenvalue weighted by Gasteiger charge is -2.24. The van der Waals surface area contributed by atoms with Crippen molar-refractivity contribution in [3.8, 4) is 11.8 Å². The molecule has 7 heteroatoms. The number of likely N-dealkylation sites (tertiary alicyclic amines) is 1. The molecule has 0 bridgehead atoms. The summed E-state index contributed by atoms with van der Waals surface area (Å²) in [6.07, 6.45) is 2.12. The molecule has 2 heterocycles. The first-order valence-corrected chi connectivity index (χ1v) is 8.57. The maximum absolute atomic E-state index is 10.3. The van der Waals surface area contributed by atoms with E-state index >= 15 is 0 Å². The number of benzene rings is 1. The Balaban J connectivity index is 1.52. The lowest BCUT2D eigenvalue weighted by Crippen LogP contribution is -2.35. The Morgan fingerprint density at radius 1 is 1.44 bits per heavy atom. The molecule has 0 unspecified atom stereocenters. The molecule has 0 radical (unpaired) electrons. The van der Waals surface area contributed by atoms with Crippen LogP contribution in [0.25, 0.3) is 0 Å². The third kappa shape index (κ3) is 4.35.